The SMILES string of the molecule is CCc1ccc(-c2csc(NC(=O)Cc3cccc4ccccc34)n2)cc1. The van der Waals surface area contributed by atoms with Crippen LogP contribution in [0.25, 0.3) is 22.0 Å². The van der Waals surface area contributed by atoms with E-state index in [0.29, 0.717) is 11.6 Å². The number of benzene rings is 3. The molecule has 0 bridgehead atoms. The molecule has 1 heterocycles. The van der Waals surface area contributed by atoms with Crippen molar-refractivity contribution in [3.05, 3.63) is 83.2 Å². The number of fused-ring (bicyclic) bond motifs is 1. The summed E-state index contributed by atoms with van der Waals surface area (Å²) >= 11 is 1.45. The molecule has 0 unspecified atom stereocenters. The number of aryl methyl sites for hydroxylation is 1. The number of hydrogen-bond donors (Lipinski definition) is 1. The molecule has 0 atom stereocenters. The average Bonchev–Trinajstić information content (AvgIpc) is 3.16. The van der Waals surface area contributed by atoms with Crippen LogP contribution in [-0.4, -0.2) is 10.9 Å². The maximum atomic E-state index is 12.5. The zero-order valence-electron chi connectivity index (χ0n) is 15.1. The number of amides is 1. The zero-order chi connectivity index (χ0) is 18.6. The highest BCUT2D eigenvalue weighted by atomic mass is 32.1. The van der Waals surface area contributed by atoms with Gasteiger partial charge in [0.2, 0.25) is 5.91 Å². The van der Waals surface area contributed by atoms with Gasteiger partial charge < -0.3 is 5.32 Å². The first kappa shape index (κ1) is 17.4. The summed E-state index contributed by atoms with van der Waals surface area (Å²) in [7, 11) is 0. The summed E-state index contributed by atoms with van der Waals surface area (Å²) in [6.45, 7) is 2.14. The highest BCUT2D eigenvalue weighted by Crippen LogP contribution is 2.26. The fraction of sp³-hybridized carbons (Fsp3) is 0.130. The van der Waals surface area contributed by atoms with Gasteiger partial charge in [0.15, 0.2) is 5.13 Å². The van der Waals surface area contributed by atoms with E-state index >= 15 is 0 Å². The minimum Gasteiger partial charge on any atom is -0.302 e. The van der Waals surface area contributed by atoms with Gasteiger partial charge in [-0.1, -0.05) is 73.7 Å². The molecule has 4 heteroatoms. The first-order valence-electron chi connectivity index (χ1n) is 9.04. The number of nitrogens with one attached hydrogen (secondary N) is 1. The molecule has 0 aliphatic carbocycles. The second kappa shape index (κ2) is 7.72. The molecule has 1 N–H and O–H groups in total. The molecule has 3 nitrogen and oxygen atoms in total. The van der Waals surface area contributed by atoms with E-state index in [1.807, 2.05) is 29.6 Å². The number of aromatic nitrogens is 1. The Morgan fingerprint density at radius 2 is 1.78 bits per heavy atom. The van der Waals surface area contributed by atoms with Gasteiger partial charge in [-0.2, -0.15) is 0 Å². The molecular weight excluding hydrogens is 352 g/mol. The van der Waals surface area contributed by atoms with Crippen molar-refractivity contribution in [1.29, 1.82) is 0 Å². The van der Waals surface area contributed by atoms with Crippen LogP contribution in [0, 0.1) is 0 Å². The first-order valence-corrected chi connectivity index (χ1v) is 9.92. The van der Waals surface area contributed by atoms with E-state index in [2.05, 4.69) is 59.7 Å². The van der Waals surface area contributed by atoms with Gasteiger partial charge in [0.05, 0.1) is 12.1 Å². The maximum Gasteiger partial charge on any atom is 0.230 e. The summed E-state index contributed by atoms with van der Waals surface area (Å²) in [6.07, 6.45) is 1.36. The Bertz CT molecular complexity index is 1080. The third-order valence-corrected chi connectivity index (χ3v) is 5.40. The number of carbonyl (C=O) groups excluding carboxylic acids is 1. The van der Waals surface area contributed by atoms with Crippen LogP contribution in [0.15, 0.2) is 72.1 Å². The Balaban J connectivity index is 1.47. The highest BCUT2D eigenvalue weighted by Gasteiger charge is 2.10. The maximum absolute atomic E-state index is 12.5. The van der Waals surface area contributed by atoms with Gasteiger partial charge in [0, 0.05) is 10.9 Å². The lowest BCUT2D eigenvalue weighted by Crippen LogP contribution is -2.14. The second-order valence-corrected chi connectivity index (χ2v) is 7.31. The van der Waals surface area contributed by atoms with Gasteiger partial charge in [-0.15, -0.1) is 11.3 Å². The van der Waals surface area contributed by atoms with Crippen LogP contribution in [0.5, 0.6) is 0 Å². The fourth-order valence-electron chi connectivity index (χ4n) is 3.16. The summed E-state index contributed by atoms with van der Waals surface area (Å²) < 4.78 is 0. The summed E-state index contributed by atoms with van der Waals surface area (Å²) in [5.41, 5.74) is 4.29. The fourth-order valence-corrected chi connectivity index (χ4v) is 3.89. The Labute approximate surface area is 162 Å². The monoisotopic (exact) mass is 372 g/mol. The first-order chi connectivity index (χ1) is 13.2. The largest absolute Gasteiger partial charge is 0.302 e. The molecule has 0 aliphatic heterocycles. The number of anilines is 1. The minimum absolute atomic E-state index is 0.0476. The quantitative estimate of drug-likeness (QED) is 0.488. The third kappa shape index (κ3) is 3.91. The van der Waals surface area contributed by atoms with Gasteiger partial charge >= 0.3 is 0 Å². The Hall–Kier alpha value is -2.98. The lowest BCUT2D eigenvalue weighted by atomic mass is 10.0. The molecule has 1 aromatic heterocycles. The molecule has 27 heavy (non-hydrogen) atoms. The predicted octanol–water partition coefficient (Wildman–Crippen LogP) is 5.71. The van der Waals surface area contributed by atoms with Gasteiger partial charge in [-0.05, 0) is 28.3 Å². The van der Waals surface area contributed by atoms with Crippen molar-refractivity contribution in [3.8, 4) is 11.3 Å². The van der Waals surface area contributed by atoms with Crippen molar-refractivity contribution in [2.75, 3.05) is 5.32 Å². The molecule has 0 saturated heterocycles. The van der Waals surface area contributed by atoms with E-state index in [9.17, 15) is 4.79 Å². The molecule has 4 rings (SSSR count). The molecule has 4 aromatic rings. The lowest BCUT2D eigenvalue weighted by Gasteiger charge is -2.06. The standard InChI is InChI=1S/C23H20N2OS/c1-2-16-10-12-18(13-11-16)21-15-27-23(24-21)25-22(26)14-19-8-5-7-17-6-3-4-9-20(17)19/h3-13,15H,2,14H2,1H3,(H,24,25,26). The number of rotatable bonds is 5. The molecule has 3 aromatic carbocycles. The number of carbonyl (C=O) groups is 1. The normalized spacial score (nSPS) is 10.9. The van der Waals surface area contributed by atoms with E-state index in [-0.39, 0.29) is 5.91 Å². The van der Waals surface area contributed by atoms with Crippen LogP contribution in [0.1, 0.15) is 18.1 Å². The number of hydrogen-bond acceptors (Lipinski definition) is 3. The predicted molar refractivity (Wildman–Crippen MR) is 113 cm³/mol. The smallest absolute Gasteiger partial charge is 0.230 e. The van der Waals surface area contributed by atoms with Crippen molar-refractivity contribution in [1.82, 2.24) is 4.98 Å². The summed E-state index contributed by atoms with van der Waals surface area (Å²) in [5.74, 6) is -0.0476. The van der Waals surface area contributed by atoms with Crippen LogP contribution in [-0.2, 0) is 17.6 Å². The average molecular weight is 372 g/mol. The van der Waals surface area contributed by atoms with Crippen molar-refractivity contribution in [3.63, 3.8) is 0 Å². The lowest BCUT2D eigenvalue weighted by molar-refractivity contribution is -0.115. The van der Waals surface area contributed by atoms with Crippen LogP contribution in [0.2, 0.25) is 0 Å². The van der Waals surface area contributed by atoms with Crippen molar-refractivity contribution in [2.24, 2.45) is 0 Å². The van der Waals surface area contributed by atoms with Gasteiger partial charge in [0.1, 0.15) is 0 Å². The van der Waals surface area contributed by atoms with Gasteiger partial charge in [0.25, 0.3) is 0 Å². The summed E-state index contributed by atoms with van der Waals surface area (Å²) in [5, 5.41) is 7.82. The summed E-state index contributed by atoms with van der Waals surface area (Å²) in [4.78, 5) is 17.1. The van der Waals surface area contributed by atoms with Crippen LogP contribution in [0.3, 0.4) is 0 Å². The van der Waals surface area contributed by atoms with E-state index < -0.39 is 0 Å². The molecule has 0 spiro atoms. The van der Waals surface area contributed by atoms with E-state index in [1.54, 1.807) is 0 Å². The molecule has 0 radical (unpaired) electrons. The Morgan fingerprint density at radius 1 is 1.00 bits per heavy atom. The highest BCUT2D eigenvalue weighted by molar-refractivity contribution is 7.14. The number of thiazole rings is 1. The molecular formula is C23H20N2OS. The Morgan fingerprint density at radius 3 is 2.59 bits per heavy atom. The minimum atomic E-state index is -0.0476. The topological polar surface area (TPSA) is 42.0 Å². The van der Waals surface area contributed by atoms with Gasteiger partial charge in [-0.25, -0.2) is 4.98 Å². The molecule has 0 fully saturated rings. The summed E-state index contributed by atoms with van der Waals surface area (Å²) in [6, 6.07) is 22.6. The van der Waals surface area contributed by atoms with Crippen LogP contribution in [0.4, 0.5) is 5.13 Å². The molecule has 0 aliphatic rings. The van der Waals surface area contributed by atoms with Crippen molar-refractivity contribution >= 4 is 33.1 Å². The van der Waals surface area contributed by atoms with Crippen molar-refractivity contribution < 1.29 is 4.79 Å². The van der Waals surface area contributed by atoms with Crippen molar-refractivity contribution in [2.45, 2.75) is 19.8 Å². The van der Waals surface area contributed by atoms with E-state index in [1.165, 1.54) is 16.9 Å². The van der Waals surface area contributed by atoms with Gasteiger partial charge in [-0.3, -0.25) is 4.79 Å². The van der Waals surface area contributed by atoms with Crippen LogP contribution >= 0.6 is 11.3 Å². The molecule has 0 saturated carbocycles. The molecule has 1 amide bonds. The van der Waals surface area contributed by atoms with E-state index in [0.717, 1.165) is 34.0 Å². The third-order valence-electron chi connectivity index (χ3n) is 4.64. The zero-order valence-corrected chi connectivity index (χ0v) is 15.9. The molecule has 134 valence electrons. The van der Waals surface area contributed by atoms with Crippen LogP contribution < -0.4 is 5.32 Å². The number of nitrogens with zero attached hydrogens (tertiary/aromatic N) is 1. The Kier molecular flexibility index (Phi) is 4.99. The second-order valence-electron chi connectivity index (χ2n) is 6.45. The van der Waals surface area contributed by atoms with E-state index in [4.69, 9.17) is 0 Å².